The van der Waals surface area contributed by atoms with Crippen LogP contribution >= 0.6 is 0 Å². The number of carbonyl (C=O) groups excluding carboxylic acids is 3. The molecule has 2 fully saturated rings. The van der Waals surface area contributed by atoms with Crippen molar-refractivity contribution in [2.75, 3.05) is 13.1 Å². The monoisotopic (exact) mass is 574 g/mol. The molecule has 3 amide bonds. The standard InChI is InChI=1S/C32H32F2N4O4/c33-25-7-4-8-26(34)24(25)18-37-14-13-27(35-16-20-5-2-1-3-6-20)29(19-37)42-22-9-10-23-21(15-22)17-38(32(23)41)28-11-12-30(39)36-31(28)40/h1-10,15,27-29,35H,11-14,16-19H2,(H,36,39,40). The summed E-state index contributed by atoms with van der Waals surface area (Å²) in [5, 5.41) is 5.92. The van der Waals surface area contributed by atoms with Crippen molar-refractivity contribution in [1.29, 1.82) is 0 Å². The molecule has 0 radical (unpaired) electrons. The van der Waals surface area contributed by atoms with E-state index < -0.39 is 23.6 Å². The SMILES string of the molecule is O=C1CCC(N2Cc3cc(OC4CN(Cc5c(F)cccc5F)CCC4NCc4ccccc4)ccc3C2=O)C(=O)N1. The minimum absolute atomic E-state index is 0.0261. The average Bonchev–Trinajstić information content (AvgIpc) is 3.30. The molecule has 0 saturated carbocycles. The number of hydrogen-bond acceptors (Lipinski definition) is 6. The van der Waals surface area contributed by atoms with Crippen LogP contribution in [0.3, 0.4) is 0 Å². The Labute approximate surface area is 242 Å². The number of hydrogen-bond donors (Lipinski definition) is 2. The number of nitrogens with zero attached hydrogens (tertiary/aromatic N) is 2. The van der Waals surface area contributed by atoms with Crippen molar-refractivity contribution >= 4 is 17.7 Å². The van der Waals surface area contributed by atoms with Crippen LogP contribution in [-0.2, 0) is 29.2 Å². The maximum Gasteiger partial charge on any atom is 0.255 e. The van der Waals surface area contributed by atoms with Crippen molar-refractivity contribution in [3.8, 4) is 5.75 Å². The number of amides is 3. The highest BCUT2D eigenvalue weighted by Crippen LogP contribution is 2.31. The molecule has 8 nitrogen and oxygen atoms in total. The zero-order valence-corrected chi connectivity index (χ0v) is 23.0. The highest BCUT2D eigenvalue weighted by Gasteiger charge is 2.39. The van der Waals surface area contributed by atoms with Crippen LogP contribution in [0.15, 0.2) is 66.7 Å². The van der Waals surface area contributed by atoms with E-state index in [1.807, 2.05) is 41.3 Å². The Morgan fingerprint density at radius 1 is 0.952 bits per heavy atom. The van der Waals surface area contributed by atoms with Gasteiger partial charge in [-0.3, -0.25) is 24.6 Å². The largest absolute Gasteiger partial charge is 0.487 e. The maximum absolute atomic E-state index is 14.4. The highest BCUT2D eigenvalue weighted by molar-refractivity contribution is 6.05. The van der Waals surface area contributed by atoms with E-state index in [1.54, 1.807) is 12.1 Å². The number of nitrogens with one attached hydrogen (secondary N) is 2. The Balaban J connectivity index is 1.19. The number of imide groups is 1. The molecule has 218 valence electrons. The Hall–Kier alpha value is -4.15. The van der Waals surface area contributed by atoms with Gasteiger partial charge in [0.1, 0.15) is 29.5 Å². The molecule has 10 heteroatoms. The molecule has 0 aromatic heterocycles. The van der Waals surface area contributed by atoms with Crippen molar-refractivity contribution < 1.29 is 27.9 Å². The van der Waals surface area contributed by atoms with Crippen LogP contribution in [0.25, 0.3) is 0 Å². The van der Waals surface area contributed by atoms with E-state index in [9.17, 15) is 23.2 Å². The van der Waals surface area contributed by atoms with E-state index in [0.29, 0.717) is 43.8 Å². The second-order valence-electron chi connectivity index (χ2n) is 11.1. The molecule has 3 aromatic rings. The van der Waals surface area contributed by atoms with Crippen molar-refractivity contribution in [2.45, 2.75) is 57.1 Å². The molecule has 3 aromatic carbocycles. The lowest BCUT2D eigenvalue weighted by atomic mass is 10.00. The van der Waals surface area contributed by atoms with Gasteiger partial charge >= 0.3 is 0 Å². The summed E-state index contributed by atoms with van der Waals surface area (Å²) >= 11 is 0. The number of rotatable bonds is 8. The van der Waals surface area contributed by atoms with E-state index in [0.717, 1.165) is 11.1 Å². The van der Waals surface area contributed by atoms with E-state index in [-0.39, 0.29) is 49.0 Å². The first-order valence-corrected chi connectivity index (χ1v) is 14.2. The summed E-state index contributed by atoms with van der Waals surface area (Å²) in [6.45, 7) is 2.10. The van der Waals surface area contributed by atoms with Crippen LogP contribution in [0.1, 0.15) is 46.3 Å². The molecule has 3 unspecified atom stereocenters. The highest BCUT2D eigenvalue weighted by atomic mass is 19.1. The molecule has 3 aliphatic rings. The molecular weight excluding hydrogens is 542 g/mol. The lowest BCUT2D eigenvalue weighted by molar-refractivity contribution is -0.136. The topological polar surface area (TPSA) is 91.0 Å². The summed E-state index contributed by atoms with van der Waals surface area (Å²) in [6.07, 6.45) is 0.860. The summed E-state index contributed by atoms with van der Waals surface area (Å²) in [4.78, 5) is 40.6. The van der Waals surface area contributed by atoms with E-state index in [2.05, 4.69) is 10.6 Å². The van der Waals surface area contributed by atoms with Gasteiger partial charge in [-0.05, 0) is 54.3 Å². The molecule has 0 aliphatic carbocycles. The Bertz CT molecular complexity index is 1480. The smallest absolute Gasteiger partial charge is 0.255 e. The predicted molar refractivity (Wildman–Crippen MR) is 150 cm³/mol. The van der Waals surface area contributed by atoms with Gasteiger partial charge in [0, 0.05) is 56.3 Å². The number of halogens is 2. The van der Waals surface area contributed by atoms with E-state index >= 15 is 0 Å². The van der Waals surface area contributed by atoms with Gasteiger partial charge in [0.15, 0.2) is 0 Å². The van der Waals surface area contributed by atoms with E-state index in [4.69, 9.17) is 4.74 Å². The van der Waals surface area contributed by atoms with Crippen LogP contribution in [0, 0.1) is 11.6 Å². The number of benzene rings is 3. The molecular formula is C32H32F2N4O4. The first-order valence-electron chi connectivity index (χ1n) is 14.2. The average molecular weight is 575 g/mol. The second-order valence-corrected chi connectivity index (χ2v) is 11.1. The minimum Gasteiger partial charge on any atom is -0.487 e. The number of ether oxygens (including phenoxy) is 1. The van der Waals surface area contributed by atoms with Gasteiger partial charge in [0.05, 0.1) is 0 Å². The van der Waals surface area contributed by atoms with Crippen molar-refractivity contribution in [3.05, 3.63) is 101 Å². The van der Waals surface area contributed by atoms with Crippen LogP contribution < -0.4 is 15.4 Å². The number of likely N-dealkylation sites (tertiary alicyclic amines) is 1. The van der Waals surface area contributed by atoms with Gasteiger partial charge in [0.2, 0.25) is 11.8 Å². The van der Waals surface area contributed by atoms with E-state index in [1.165, 1.54) is 23.1 Å². The molecule has 42 heavy (non-hydrogen) atoms. The number of fused-ring (bicyclic) bond motifs is 1. The van der Waals surface area contributed by atoms with Gasteiger partial charge in [-0.1, -0.05) is 36.4 Å². The molecule has 2 N–H and O–H groups in total. The third-order valence-electron chi connectivity index (χ3n) is 8.28. The third-order valence-corrected chi connectivity index (χ3v) is 8.28. The van der Waals surface area contributed by atoms with Crippen LogP contribution in [0.2, 0.25) is 0 Å². The van der Waals surface area contributed by atoms with Crippen molar-refractivity contribution in [3.63, 3.8) is 0 Å². The summed E-state index contributed by atoms with van der Waals surface area (Å²) in [7, 11) is 0. The third kappa shape index (κ3) is 5.91. The maximum atomic E-state index is 14.4. The molecule has 6 rings (SSSR count). The Kier molecular flexibility index (Phi) is 7.99. The van der Waals surface area contributed by atoms with Crippen molar-refractivity contribution in [2.24, 2.45) is 0 Å². The summed E-state index contributed by atoms with van der Waals surface area (Å²) in [5.74, 6) is -1.59. The van der Waals surface area contributed by atoms with Gasteiger partial charge in [-0.25, -0.2) is 8.78 Å². The molecule has 3 heterocycles. The normalized spacial score (nSPS) is 22.7. The van der Waals surface area contributed by atoms with Gasteiger partial charge in [0.25, 0.3) is 5.91 Å². The van der Waals surface area contributed by atoms with Crippen LogP contribution in [0.5, 0.6) is 5.75 Å². The number of piperidine rings is 2. The first kappa shape index (κ1) is 28.0. The second kappa shape index (κ2) is 12.0. The molecule has 3 atom stereocenters. The van der Waals surface area contributed by atoms with Gasteiger partial charge in [-0.15, -0.1) is 0 Å². The Morgan fingerprint density at radius 2 is 1.74 bits per heavy atom. The molecule has 3 aliphatic heterocycles. The fourth-order valence-corrected chi connectivity index (χ4v) is 6.03. The summed E-state index contributed by atoms with van der Waals surface area (Å²) in [5.41, 5.74) is 2.43. The number of carbonyl (C=O) groups is 3. The fourth-order valence-electron chi connectivity index (χ4n) is 6.03. The lowest BCUT2D eigenvalue weighted by Crippen LogP contribution is -2.54. The van der Waals surface area contributed by atoms with Crippen LogP contribution in [0.4, 0.5) is 8.78 Å². The molecule has 0 bridgehead atoms. The minimum atomic E-state index is -0.691. The summed E-state index contributed by atoms with van der Waals surface area (Å²) < 4.78 is 35.4. The Morgan fingerprint density at radius 3 is 2.50 bits per heavy atom. The fraction of sp³-hybridized carbons (Fsp3) is 0.344. The van der Waals surface area contributed by atoms with Crippen LogP contribution in [-0.4, -0.2) is 58.8 Å². The van der Waals surface area contributed by atoms with Crippen molar-refractivity contribution in [1.82, 2.24) is 20.4 Å². The quantitative estimate of drug-likeness (QED) is 0.400. The zero-order chi connectivity index (χ0) is 29.2. The molecule has 0 spiro atoms. The van der Waals surface area contributed by atoms with Gasteiger partial charge < -0.3 is 15.0 Å². The lowest BCUT2D eigenvalue weighted by Gasteiger charge is -2.39. The predicted octanol–water partition coefficient (Wildman–Crippen LogP) is 3.54. The molecule has 2 saturated heterocycles. The van der Waals surface area contributed by atoms with Gasteiger partial charge in [-0.2, -0.15) is 0 Å². The zero-order valence-electron chi connectivity index (χ0n) is 23.0. The summed E-state index contributed by atoms with van der Waals surface area (Å²) in [6, 6.07) is 18.5. The first-order chi connectivity index (χ1) is 20.4.